The van der Waals surface area contributed by atoms with Crippen molar-refractivity contribution in [1.82, 2.24) is 35.1 Å². The second kappa shape index (κ2) is 13.1. The maximum absolute atomic E-state index is 13.7. The monoisotopic (exact) mass is 574 g/mol. The third-order valence-corrected chi connectivity index (χ3v) is 6.85. The summed E-state index contributed by atoms with van der Waals surface area (Å²) in [6, 6.07) is 13.5. The van der Waals surface area contributed by atoms with Gasteiger partial charge in [-0.1, -0.05) is 6.07 Å². The van der Waals surface area contributed by atoms with E-state index in [1.54, 1.807) is 30.6 Å². The molecule has 4 heterocycles. The molecule has 0 aliphatic carbocycles. The Balaban J connectivity index is 1.34. The smallest absolute Gasteiger partial charge is 0.230 e. The Kier molecular flexibility index (Phi) is 9.15. The van der Waals surface area contributed by atoms with Crippen molar-refractivity contribution in [1.29, 1.82) is 0 Å². The molecule has 1 saturated heterocycles. The van der Waals surface area contributed by atoms with Crippen molar-refractivity contribution in [2.24, 2.45) is 5.41 Å². The average molecular weight is 575 g/mol. The fourth-order valence-corrected chi connectivity index (χ4v) is 4.47. The third-order valence-electron chi connectivity index (χ3n) is 6.85. The highest BCUT2D eigenvalue weighted by atomic mass is 19.1. The van der Waals surface area contributed by atoms with Gasteiger partial charge in [-0.25, -0.2) is 19.3 Å². The fourth-order valence-electron chi connectivity index (χ4n) is 4.47. The Morgan fingerprint density at radius 2 is 1.86 bits per heavy atom. The van der Waals surface area contributed by atoms with Gasteiger partial charge in [-0.3, -0.25) is 9.78 Å². The van der Waals surface area contributed by atoms with E-state index in [0.717, 1.165) is 18.7 Å². The highest BCUT2D eigenvalue weighted by Gasteiger charge is 2.40. The fraction of sp³-hybridized carbons (Fsp3) is 0.367. The van der Waals surface area contributed by atoms with E-state index in [0.29, 0.717) is 47.5 Å². The lowest BCUT2D eigenvalue weighted by Gasteiger charge is -2.35. The Bertz CT molecular complexity index is 1470. The van der Waals surface area contributed by atoms with E-state index >= 15 is 0 Å². The number of ether oxygens (including phenoxy) is 2. The molecule has 0 unspecified atom stereocenters. The average Bonchev–Trinajstić information content (AvgIpc) is 3.45. The molecule has 220 valence electrons. The number of hydrogen-bond donors (Lipinski definition) is 3. The Hall–Kier alpha value is -4.26. The van der Waals surface area contributed by atoms with Gasteiger partial charge in [-0.05, 0) is 76.4 Å². The van der Waals surface area contributed by atoms with Crippen LogP contribution in [0.1, 0.15) is 31.2 Å². The van der Waals surface area contributed by atoms with Gasteiger partial charge in [0, 0.05) is 24.5 Å². The minimum absolute atomic E-state index is 0.112. The summed E-state index contributed by atoms with van der Waals surface area (Å²) < 4.78 is 25.8. The van der Waals surface area contributed by atoms with Crippen LogP contribution in [0.3, 0.4) is 0 Å². The van der Waals surface area contributed by atoms with Crippen LogP contribution >= 0.6 is 0 Å². The minimum Gasteiger partial charge on any atom is -0.355 e. The normalized spacial score (nSPS) is 18.6. The van der Waals surface area contributed by atoms with E-state index in [4.69, 9.17) is 14.5 Å². The van der Waals surface area contributed by atoms with Gasteiger partial charge in [-0.15, -0.1) is 0 Å². The quantitative estimate of drug-likeness (QED) is 0.229. The standard InChI is InChI=1S/C30H35FN8O3/c1-30(28(40)33-14-6-16-39(2)3)18-41-27(42-19-30)26-37-24(20-8-10-21(31)11-9-20)25(38-26)23-12-15-34-29(36-23)35-17-22-7-4-5-13-32-22/h4-5,7-13,15,27H,6,14,16-19H2,1-3H3,(H,33,40)(H,37,38)(H,34,35,36). The summed E-state index contributed by atoms with van der Waals surface area (Å²) in [6.07, 6.45) is 3.40. The third kappa shape index (κ3) is 7.14. The summed E-state index contributed by atoms with van der Waals surface area (Å²) in [7, 11) is 4.00. The van der Waals surface area contributed by atoms with Crippen molar-refractivity contribution in [3.05, 3.63) is 78.3 Å². The number of hydrogen-bond acceptors (Lipinski definition) is 9. The predicted octanol–water partition coefficient (Wildman–Crippen LogP) is 3.80. The molecule has 1 aromatic carbocycles. The van der Waals surface area contributed by atoms with Crippen LogP contribution in [0, 0.1) is 11.2 Å². The first kappa shape index (κ1) is 29.2. The summed E-state index contributed by atoms with van der Waals surface area (Å²) in [5, 5.41) is 6.18. The summed E-state index contributed by atoms with van der Waals surface area (Å²) in [4.78, 5) is 36.4. The van der Waals surface area contributed by atoms with Crippen molar-refractivity contribution in [3.8, 4) is 22.6 Å². The SMILES string of the molecule is CN(C)CCCNC(=O)C1(C)COC(c2nc(-c3ccc(F)cc3)c(-c3ccnc(NCc4ccccn4)n3)[nH]2)OC1. The topological polar surface area (TPSA) is 130 Å². The number of anilines is 1. The number of carbonyl (C=O) groups excluding carboxylic acids is 1. The van der Waals surface area contributed by atoms with Gasteiger partial charge in [0.25, 0.3) is 0 Å². The summed E-state index contributed by atoms with van der Waals surface area (Å²) in [5.74, 6) is 0.368. The van der Waals surface area contributed by atoms with Crippen LogP contribution in [-0.4, -0.2) is 76.1 Å². The number of aromatic nitrogens is 5. The van der Waals surface area contributed by atoms with Crippen molar-refractivity contribution in [2.45, 2.75) is 26.2 Å². The molecule has 0 atom stereocenters. The van der Waals surface area contributed by atoms with Crippen LogP contribution in [0.2, 0.25) is 0 Å². The summed E-state index contributed by atoms with van der Waals surface area (Å²) in [5.41, 5.74) is 2.43. The largest absolute Gasteiger partial charge is 0.355 e. The van der Waals surface area contributed by atoms with E-state index < -0.39 is 11.7 Å². The second-order valence-corrected chi connectivity index (χ2v) is 10.7. The maximum Gasteiger partial charge on any atom is 0.230 e. The molecule has 12 heteroatoms. The molecule has 0 spiro atoms. The zero-order valence-electron chi connectivity index (χ0n) is 23.9. The molecule has 1 amide bonds. The molecular formula is C30H35FN8O3. The summed E-state index contributed by atoms with van der Waals surface area (Å²) >= 11 is 0. The molecular weight excluding hydrogens is 539 g/mol. The number of H-pyrrole nitrogens is 1. The molecule has 0 radical (unpaired) electrons. The molecule has 11 nitrogen and oxygen atoms in total. The molecule has 0 saturated carbocycles. The Morgan fingerprint density at radius 1 is 1.07 bits per heavy atom. The van der Waals surface area contributed by atoms with Crippen molar-refractivity contribution in [2.75, 3.05) is 45.7 Å². The number of imidazole rings is 1. The van der Waals surface area contributed by atoms with E-state index in [1.165, 1.54) is 12.1 Å². The number of benzene rings is 1. The van der Waals surface area contributed by atoms with Gasteiger partial charge >= 0.3 is 0 Å². The van der Waals surface area contributed by atoms with Crippen LogP contribution in [0.25, 0.3) is 22.6 Å². The number of amides is 1. The Labute approximate surface area is 243 Å². The lowest BCUT2D eigenvalue weighted by Crippen LogP contribution is -2.49. The van der Waals surface area contributed by atoms with Gasteiger partial charge in [0.05, 0.1) is 47.9 Å². The van der Waals surface area contributed by atoms with Crippen LogP contribution < -0.4 is 10.6 Å². The second-order valence-electron chi connectivity index (χ2n) is 10.7. The molecule has 0 bridgehead atoms. The number of carbonyl (C=O) groups is 1. The molecule has 3 N–H and O–H groups in total. The van der Waals surface area contributed by atoms with E-state index in [2.05, 4.69) is 35.5 Å². The first-order valence-corrected chi connectivity index (χ1v) is 13.8. The first-order chi connectivity index (χ1) is 20.3. The molecule has 1 fully saturated rings. The number of rotatable bonds is 11. The molecule has 3 aromatic heterocycles. The van der Waals surface area contributed by atoms with Crippen molar-refractivity contribution in [3.63, 3.8) is 0 Å². The highest BCUT2D eigenvalue weighted by Crippen LogP contribution is 2.35. The van der Waals surface area contributed by atoms with Crippen LogP contribution in [-0.2, 0) is 20.8 Å². The van der Waals surface area contributed by atoms with E-state index in [1.807, 2.05) is 39.2 Å². The van der Waals surface area contributed by atoms with Gasteiger partial charge in [-0.2, -0.15) is 0 Å². The van der Waals surface area contributed by atoms with E-state index in [9.17, 15) is 9.18 Å². The molecule has 1 aliphatic rings. The summed E-state index contributed by atoms with van der Waals surface area (Å²) in [6.45, 7) is 4.06. The zero-order chi connectivity index (χ0) is 29.5. The number of nitrogens with zero attached hydrogens (tertiary/aromatic N) is 5. The number of pyridine rings is 1. The van der Waals surface area contributed by atoms with Gasteiger partial charge in [0.2, 0.25) is 18.1 Å². The lowest BCUT2D eigenvalue weighted by atomic mass is 9.91. The van der Waals surface area contributed by atoms with Crippen LogP contribution in [0.5, 0.6) is 0 Å². The first-order valence-electron chi connectivity index (χ1n) is 13.8. The predicted molar refractivity (Wildman–Crippen MR) is 156 cm³/mol. The van der Waals surface area contributed by atoms with Crippen molar-refractivity contribution >= 4 is 11.9 Å². The molecule has 4 aromatic rings. The lowest BCUT2D eigenvalue weighted by molar-refractivity contribution is -0.231. The van der Waals surface area contributed by atoms with Crippen LogP contribution in [0.4, 0.5) is 10.3 Å². The van der Waals surface area contributed by atoms with Gasteiger partial charge in [0.1, 0.15) is 5.82 Å². The number of aromatic amines is 1. The van der Waals surface area contributed by atoms with Gasteiger partial charge < -0.3 is 30.0 Å². The molecule has 42 heavy (non-hydrogen) atoms. The van der Waals surface area contributed by atoms with Crippen LogP contribution in [0.15, 0.2) is 60.9 Å². The maximum atomic E-state index is 13.7. The minimum atomic E-state index is -0.829. The number of halogens is 1. The highest BCUT2D eigenvalue weighted by molar-refractivity contribution is 5.82. The molecule has 5 rings (SSSR count). The number of nitrogens with one attached hydrogen (secondary N) is 3. The van der Waals surface area contributed by atoms with Crippen molar-refractivity contribution < 1.29 is 18.7 Å². The molecule has 1 aliphatic heterocycles. The van der Waals surface area contributed by atoms with Gasteiger partial charge in [0.15, 0.2) is 5.82 Å². The zero-order valence-corrected chi connectivity index (χ0v) is 23.9. The Morgan fingerprint density at radius 3 is 2.57 bits per heavy atom. The van der Waals surface area contributed by atoms with E-state index in [-0.39, 0.29) is 24.9 Å².